The standard InChI is InChI=1S/C14H29O6PS/c1-5-7-8-10-19-11-13(22-14(15)9-6-2)12-20-21(16,17-3)18-4/h13H,5-12H2,1-4H3/t13-/m0/s1. The molecule has 132 valence electrons. The van der Waals surface area contributed by atoms with E-state index in [1.807, 2.05) is 6.92 Å². The van der Waals surface area contributed by atoms with Crippen molar-refractivity contribution in [2.45, 2.75) is 51.2 Å². The third-order valence-electron chi connectivity index (χ3n) is 2.81. The van der Waals surface area contributed by atoms with Crippen LogP contribution in [0.1, 0.15) is 46.0 Å². The maximum atomic E-state index is 11.9. The van der Waals surface area contributed by atoms with Gasteiger partial charge in [-0.25, -0.2) is 4.57 Å². The van der Waals surface area contributed by atoms with Crippen molar-refractivity contribution in [1.82, 2.24) is 0 Å². The van der Waals surface area contributed by atoms with E-state index in [0.717, 1.165) is 25.7 Å². The van der Waals surface area contributed by atoms with E-state index in [1.54, 1.807) is 0 Å². The van der Waals surface area contributed by atoms with E-state index in [0.29, 0.717) is 19.6 Å². The fourth-order valence-electron chi connectivity index (χ4n) is 1.59. The number of phosphoric acid groups is 1. The van der Waals surface area contributed by atoms with Gasteiger partial charge in [-0.3, -0.25) is 18.4 Å². The van der Waals surface area contributed by atoms with Crippen LogP contribution in [-0.2, 0) is 27.7 Å². The maximum absolute atomic E-state index is 11.9. The van der Waals surface area contributed by atoms with Crippen LogP contribution in [0.15, 0.2) is 0 Å². The molecule has 6 nitrogen and oxygen atoms in total. The first-order valence-corrected chi connectivity index (χ1v) is 9.98. The molecule has 22 heavy (non-hydrogen) atoms. The average molecular weight is 356 g/mol. The number of carbonyl (C=O) groups is 1. The van der Waals surface area contributed by atoms with Gasteiger partial charge in [0.25, 0.3) is 0 Å². The number of phosphoric ester groups is 1. The number of carbonyl (C=O) groups excluding carboxylic acids is 1. The second-order valence-corrected chi connectivity index (χ2v) is 7.99. The molecular weight excluding hydrogens is 327 g/mol. The van der Waals surface area contributed by atoms with Gasteiger partial charge < -0.3 is 4.74 Å². The third-order valence-corrected chi connectivity index (χ3v) is 5.25. The van der Waals surface area contributed by atoms with E-state index >= 15 is 0 Å². The number of unbranched alkanes of at least 4 members (excludes halogenated alkanes) is 2. The van der Waals surface area contributed by atoms with E-state index in [2.05, 4.69) is 6.92 Å². The summed E-state index contributed by atoms with van der Waals surface area (Å²) in [6.07, 6.45) is 4.54. The Morgan fingerprint density at radius 2 is 1.77 bits per heavy atom. The van der Waals surface area contributed by atoms with Crippen molar-refractivity contribution in [3.63, 3.8) is 0 Å². The molecule has 0 aliphatic carbocycles. The topological polar surface area (TPSA) is 71.1 Å². The molecule has 0 saturated carbocycles. The zero-order valence-corrected chi connectivity index (χ0v) is 15.8. The van der Waals surface area contributed by atoms with Crippen molar-refractivity contribution in [3.8, 4) is 0 Å². The molecule has 0 N–H and O–H groups in total. The van der Waals surface area contributed by atoms with E-state index in [9.17, 15) is 9.36 Å². The minimum Gasteiger partial charge on any atom is -0.380 e. The zero-order valence-electron chi connectivity index (χ0n) is 14.0. The number of ether oxygens (including phenoxy) is 1. The highest BCUT2D eigenvalue weighted by molar-refractivity contribution is 8.14. The SMILES string of the molecule is CCCCCOC[C@@H](COP(=O)(OC)OC)SC(=O)CCC. The van der Waals surface area contributed by atoms with Gasteiger partial charge in [0, 0.05) is 27.2 Å². The van der Waals surface area contributed by atoms with Crippen molar-refractivity contribution in [1.29, 1.82) is 0 Å². The predicted molar refractivity (Wildman–Crippen MR) is 89.2 cm³/mol. The molecule has 0 aliphatic rings. The van der Waals surface area contributed by atoms with Crippen molar-refractivity contribution in [2.75, 3.05) is 34.0 Å². The average Bonchev–Trinajstić information content (AvgIpc) is 2.52. The van der Waals surface area contributed by atoms with Gasteiger partial charge >= 0.3 is 7.82 Å². The Bertz CT molecular complexity index is 331. The molecule has 0 aromatic heterocycles. The Kier molecular flexibility index (Phi) is 13.6. The molecule has 0 unspecified atom stereocenters. The first-order chi connectivity index (χ1) is 10.5. The Morgan fingerprint density at radius 3 is 2.32 bits per heavy atom. The summed E-state index contributed by atoms with van der Waals surface area (Å²) in [5.41, 5.74) is 0. The normalized spacial score (nSPS) is 13.3. The van der Waals surface area contributed by atoms with Crippen molar-refractivity contribution in [2.24, 2.45) is 0 Å². The van der Waals surface area contributed by atoms with Crippen molar-refractivity contribution >= 4 is 24.7 Å². The monoisotopic (exact) mass is 356 g/mol. The molecule has 8 heteroatoms. The fourth-order valence-corrected chi connectivity index (χ4v) is 3.41. The summed E-state index contributed by atoms with van der Waals surface area (Å²) in [7, 11) is -1.00. The minimum absolute atomic E-state index is 0.0762. The first kappa shape index (κ1) is 22.1. The summed E-state index contributed by atoms with van der Waals surface area (Å²) in [5.74, 6) is 0. The number of hydrogen-bond donors (Lipinski definition) is 0. The van der Waals surface area contributed by atoms with Crippen LogP contribution in [0.4, 0.5) is 0 Å². The van der Waals surface area contributed by atoms with E-state index in [4.69, 9.17) is 18.3 Å². The third kappa shape index (κ3) is 10.8. The number of rotatable bonds is 14. The van der Waals surface area contributed by atoms with Gasteiger partial charge in [-0.15, -0.1) is 0 Å². The summed E-state index contributed by atoms with van der Waals surface area (Å²) in [6, 6.07) is 0. The van der Waals surface area contributed by atoms with Gasteiger partial charge in [-0.1, -0.05) is 38.5 Å². The molecular formula is C14H29O6PS. The van der Waals surface area contributed by atoms with Gasteiger partial charge in [0.15, 0.2) is 5.12 Å². The summed E-state index contributed by atoms with van der Waals surface area (Å²) in [4.78, 5) is 11.8. The molecule has 0 aromatic carbocycles. The van der Waals surface area contributed by atoms with Crippen LogP contribution < -0.4 is 0 Å². The van der Waals surface area contributed by atoms with Crippen LogP contribution in [0.3, 0.4) is 0 Å². The lowest BCUT2D eigenvalue weighted by Crippen LogP contribution is -2.21. The first-order valence-electron chi connectivity index (χ1n) is 7.64. The summed E-state index contributed by atoms with van der Waals surface area (Å²) in [5, 5.41) is -0.141. The highest BCUT2D eigenvalue weighted by atomic mass is 32.2. The summed E-state index contributed by atoms with van der Waals surface area (Å²) in [6.45, 7) is 5.18. The Balaban J connectivity index is 4.32. The van der Waals surface area contributed by atoms with Crippen LogP contribution >= 0.6 is 19.6 Å². The molecule has 0 spiro atoms. The Hall–Kier alpha value is 0.0900. The maximum Gasteiger partial charge on any atom is 0.474 e. The molecule has 0 saturated heterocycles. The van der Waals surface area contributed by atoms with Crippen LogP contribution in [-0.4, -0.2) is 44.4 Å². The fraction of sp³-hybridized carbons (Fsp3) is 0.929. The highest BCUT2D eigenvalue weighted by Gasteiger charge is 2.26. The molecule has 0 radical (unpaired) electrons. The largest absolute Gasteiger partial charge is 0.474 e. The minimum atomic E-state index is -3.52. The van der Waals surface area contributed by atoms with Crippen LogP contribution in [0, 0.1) is 0 Å². The second-order valence-electron chi connectivity index (χ2n) is 4.75. The van der Waals surface area contributed by atoms with Gasteiger partial charge in [-0.2, -0.15) is 0 Å². The summed E-state index contributed by atoms with van der Waals surface area (Å²) >= 11 is 1.17. The molecule has 0 bridgehead atoms. The van der Waals surface area contributed by atoms with Crippen molar-refractivity contribution < 1.29 is 27.7 Å². The highest BCUT2D eigenvalue weighted by Crippen LogP contribution is 2.47. The lowest BCUT2D eigenvalue weighted by atomic mass is 10.3. The van der Waals surface area contributed by atoms with Crippen LogP contribution in [0.2, 0.25) is 0 Å². The molecule has 0 amide bonds. The molecule has 0 aliphatic heterocycles. The van der Waals surface area contributed by atoms with Gasteiger partial charge in [0.05, 0.1) is 18.5 Å². The molecule has 0 rings (SSSR count). The predicted octanol–water partition coefficient (Wildman–Crippen LogP) is 4.04. The van der Waals surface area contributed by atoms with E-state index in [-0.39, 0.29) is 17.0 Å². The van der Waals surface area contributed by atoms with Crippen LogP contribution in [0.25, 0.3) is 0 Å². The van der Waals surface area contributed by atoms with E-state index in [1.165, 1.54) is 26.0 Å². The quantitative estimate of drug-likeness (QED) is 0.343. The Labute approximate surface area is 138 Å². The van der Waals surface area contributed by atoms with Gasteiger partial charge in [0.1, 0.15) is 0 Å². The van der Waals surface area contributed by atoms with Gasteiger partial charge in [0.2, 0.25) is 0 Å². The molecule has 1 atom stereocenters. The van der Waals surface area contributed by atoms with Crippen LogP contribution in [0.5, 0.6) is 0 Å². The summed E-state index contributed by atoms with van der Waals surface area (Å²) < 4.78 is 32.1. The van der Waals surface area contributed by atoms with E-state index < -0.39 is 7.82 Å². The van der Waals surface area contributed by atoms with Crippen molar-refractivity contribution in [3.05, 3.63) is 0 Å². The lowest BCUT2D eigenvalue weighted by Gasteiger charge is -2.19. The second kappa shape index (κ2) is 13.5. The smallest absolute Gasteiger partial charge is 0.380 e. The number of thioether (sulfide) groups is 1. The molecule has 0 heterocycles. The zero-order chi connectivity index (χ0) is 16.8. The molecule has 0 fully saturated rings. The number of hydrogen-bond acceptors (Lipinski definition) is 7. The lowest BCUT2D eigenvalue weighted by molar-refractivity contribution is -0.111. The van der Waals surface area contributed by atoms with Gasteiger partial charge in [-0.05, 0) is 12.8 Å². The molecule has 0 aromatic rings. The Morgan fingerprint density at radius 1 is 1.09 bits per heavy atom.